The Labute approximate surface area is 207 Å². The summed E-state index contributed by atoms with van der Waals surface area (Å²) >= 11 is 0. The summed E-state index contributed by atoms with van der Waals surface area (Å²) in [5, 5.41) is 7.89. The molecule has 3 heterocycles. The van der Waals surface area contributed by atoms with Crippen LogP contribution >= 0.6 is 0 Å². The van der Waals surface area contributed by atoms with Crippen molar-refractivity contribution in [2.75, 3.05) is 63.2 Å². The number of anilines is 3. The highest BCUT2D eigenvalue weighted by Crippen LogP contribution is 2.26. The van der Waals surface area contributed by atoms with Crippen LogP contribution in [0.3, 0.4) is 0 Å². The largest absolute Gasteiger partial charge is 0.378 e. The van der Waals surface area contributed by atoms with E-state index in [1.54, 1.807) is 17.1 Å². The normalized spacial score (nSPS) is 17.1. The maximum absolute atomic E-state index is 14.3. The smallest absolute Gasteiger partial charge is 0.246 e. The van der Waals surface area contributed by atoms with E-state index in [-0.39, 0.29) is 7.24 Å². The number of benzene rings is 2. The first kappa shape index (κ1) is 23.7. The van der Waals surface area contributed by atoms with Crippen LogP contribution in [0, 0.1) is 12.7 Å². The molecule has 0 saturated carbocycles. The maximum atomic E-state index is 14.3. The van der Waals surface area contributed by atoms with E-state index in [0.29, 0.717) is 24.2 Å². The lowest BCUT2D eigenvalue weighted by molar-refractivity contribution is -0.0660. The van der Waals surface area contributed by atoms with Crippen LogP contribution in [0.15, 0.2) is 42.7 Å². The molecule has 2 aliphatic heterocycles. The van der Waals surface area contributed by atoms with Gasteiger partial charge in [0.1, 0.15) is 12.1 Å². The molecule has 8 nitrogen and oxygen atoms in total. The first-order chi connectivity index (χ1) is 17.0. The fraction of sp³-hybridized carbons (Fsp3) is 0.462. The lowest BCUT2D eigenvalue weighted by Gasteiger charge is -2.43. The van der Waals surface area contributed by atoms with Gasteiger partial charge in [-0.3, -0.25) is 4.90 Å². The number of piperazine rings is 1. The van der Waals surface area contributed by atoms with Gasteiger partial charge in [0.05, 0.1) is 24.9 Å². The van der Waals surface area contributed by atoms with Crippen LogP contribution in [0.2, 0.25) is 0 Å². The van der Waals surface area contributed by atoms with Crippen molar-refractivity contribution < 1.29 is 10.6 Å². The Morgan fingerprint density at radius 1 is 1.09 bits per heavy atom. The summed E-state index contributed by atoms with van der Waals surface area (Å²) in [7, 11) is 2.02. The van der Waals surface area contributed by atoms with Crippen LogP contribution in [-0.4, -0.2) is 83.6 Å². The summed E-state index contributed by atoms with van der Waals surface area (Å²) in [6.45, 7) is 11.6. The standard InChI is InChI=1S/C26H34FN7O.H2/c1-4-31(3)15-20-11-21(27)13-24(12-20)34-18-28-26(30-34)29-22-9-19(2)10-23(14-22)32-5-7-33(8-6-32)25-16-35-17-25;/h9-14,18,25H,4-8,15-17H2,1-3H3,(H,29,30);1H. The fourth-order valence-corrected chi connectivity index (χ4v) is 4.65. The van der Waals surface area contributed by atoms with E-state index >= 15 is 0 Å². The summed E-state index contributed by atoms with van der Waals surface area (Å²) in [5.74, 6) is 0.202. The van der Waals surface area contributed by atoms with Crippen LogP contribution in [0.25, 0.3) is 5.69 Å². The van der Waals surface area contributed by atoms with Crippen LogP contribution in [0.1, 0.15) is 19.5 Å². The van der Waals surface area contributed by atoms with Gasteiger partial charge in [0.2, 0.25) is 5.95 Å². The molecule has 0 radical (unpaired) electrons. The molecular weight excluding hydrogens is 445 g/mol. The molecule has 0 spiro atoms. The van der Waals surface area contributed by atoms with Crippen molar-refractivity contribution in [1.29, 1.82) is 0 Å². The van der Waals surface area contributed by atoms with Gasteiger partial charge < -0.3 is 19.9 Å². The number of aryl methyl sites for hydroxylation is 1. The average molecular weight is 482 g/mol. The second-order valence-electron chi connectivity index (χ2n) is 9.56. The number of halogens is 1. The number of rotatable bonds is 8. The Morgan fingerprint density at radius 3 is 2.60 bits per heavy atom. The van der Waals surface area contributed by atoms with Gasteiger partial charge in [-0.1, -0.05) is 6.92 Å². The number of nitrogens with one attached hydrogen (secondary N) is 1. The second kappa shape index (κ2) is 10.3. The predicted octanol–water partition coefficient (Wildman–Crippen LogP) is 3.68. The SMILES string of the molecule is CCN(C)Cc1cc(F)cc(-n2cnc(Nc3cc(C)cc(N4CCN(C5COC5)CC4)c3)n2)c1.[HH]. The van der Waals surface area contributed by atoms with Gasteiger partial charge in [-0.15, -0.1) is 5.10 Å². The van der Waals surface area contributed by atoms with Crippen molar-refractivity contribution in [3.8, 4) is 5.69 Å². The van der Waals surface area contributed by atoms with Gasteiger partial charge in [0.25, 0.3) is 0 Å². The van der Waals surface area contributed by atoms with Crippen molar-refractivity contribution >= 4 is 17.3 Å². The van der Waals surface area contributed by atoms with Crippen LogP contribution in [0.4, 0.5) is 21.7 Å². The lowest BCUT2D eigenvalue weighted by atomic mass is 10.1. The average Bonchev–Trinajstić information content (AvgIpc) is 3.26. The Hall–Kier alpha value is -3.01. The van der Waals surface area contributed by atoms with Crippen LogP contribution in [0.5, 0.6) is 0 Å². The van der Waals surface area contributed by atoms with Gasteiger partial charge in [-0.25, -0.2) is 9.07 Å². The summed E-state index contributed by atoms with van der Waals surface area (Å²) < 4.78 is 21.2. The first-order valence-electron chi connectivity index (χ1n) is 12.3. The summed E-state index contributed by atoms with van der Waals surface area (Å²) in [5.41, 5.74) is 4.88. The lowest BCUT2D eigenvalue weighted by Crippen LogP contribution is -2.56. The molecule has 0 amide bonds. The topological polar surface area (TPSA) is 61.7 Å². The van der Waals surface area contributed by atoms with E-state index in [1.165, 1.54) is 17.3 Å². The summed E-state index contributed by atoms with van der Waals surface area (Å²) in [6.07, 6.45) is 1.62. The highest BCUT2D eigenvalue weighted by molar-refractivity contribution is 5.64. The van der Waals surface area contributed by atoms with Gasteiger partial charge in [-0.05, 0) is 68.0 Å². The number of hydrogen-bond donors (Lipinski definition) is 1. The van der Waals surface area contributed by atoms with Gasteiger partial charge in [-0.2, -0.15) is 4.98 Å². The van der Waals surface area contributed by atoms with Crippen molar-refractivity contribution in [2.45, 2.75) is 26.4 Å². The third-order valence-corrected chi connectivity index (χ3v) is 6.83. The molecule has 3 aromatic rings. The van der Waals surface area contributed by atoms with E-state index in [0.717, 1.165) is 57.2 Å². The molecule has 0 atom stereocenters. The predicted molar refractivity (Wildman–Crippen MR) is 138 cm³/mol. The number of aromatic nitrogens is 3. The van der Waals surface area contributed by atoms with Crippen LogP contribution in [-0.2, 0) is 11.3 Å². The van der Waals surface area contributed by atoms with Crippen molar-refractivity contribution in [3.63, 3.8) is 0 Å². The number of hydrogen-bond acceptors (Lipinski definition) is 7. The number of ether oxygens (including phenoxy) is 1. The molecule has 1 N–H and O–H groups in total. The molecule has 2 fully saturated rings. The zero-order valence-corrected chi connectivity index (χ0v) is 20.7. The Kier molecular flexibility index (Phi) is 6.99. The Bertz CT molecular complexity index is 1160. The minimum Gasteiger partial charge on any atom is -0.378 e. The minimum absolute atomic E-state index is 0. The molecule has 2 saturated heterocycles. The molecule has 0 aliphatic carbocycles. The molecular formula is C26H36FN7O. The first-order valence-corrected chi connectivity index (χ1v) is 12.3. The molecule has 2 aromatic carbocycles. The van der Waals surface area contributed by atoms with Crippen molar-refractivity contribution in [2.24, 2.45) is 0 Å². The van der Waals surface area contributed by atoms with E-state index in [9.17, 15) is 4.39 Å². The highest BCUT2D eigenvalue weighted by Gasteiger charge is 2.29. The van der Waals surface area contributed by atoms with E-state index < -0.39 is 0 Å². The monoisotopic (exact) mass is 481 g/mol. The summed E-state index contributed by atoms with van der Waals surface area (Å²) in [6, 6.07) is 12.1. The zero-order valence-electron chi connectivity index (χ0n) is 20.7. The minimum atomic E-state index is -0.278. The van der Waals surface area contributed by atoms with Crippen molar-refractivity contribution in [1.82, 2.24) is 24.6 Å². The van der Waals surface area contributed by atoms with Crippen LogP contribution < -0.4 is 10.2 Å². The molecule has 9 heteroatoms. The molecule has 5 rings (SSSR count). The van der Waals surface area contributed by atoms with Gasteiger partial charge >= 0.3 is 0 Å². The Balaban J connectivity index is 0.00000304. The third-order valence-electron chi connectivity index (χ3n) is 6.83. The molecule has 0 unspecified atom stereocenters. The van der Waals surface area contributed by atoms with E-state index in [2.05, 4.69) is 62.1 Å². The van der Waals surface area contributed by atoms with E-state index in [4.69, 9.17) is 4.74 Å². The summed E-state index contributed by atoms with van der Waals surface area (Å²) in [4.78, 5) is 11.5. The highest BCUT2D eigenvalue weighted by atomic mass is 19.1. The van der Waals surface area contributed by atoms with Gasteiger partial charge in [0, 0.05) is 45.5 Å². The zero-order chi connectivity index (χ0) is 24.4. The molecule has 1 aromatic heterocycles. The molecule has 188 valence electrons. The molecule has 0 bridgehead atoms. The maximum Gasteiger partial charge on any atom is 0.246 e. The quantitative estimate of drug-likeness (QED) is 0.527. The van der Waals surface area contributed by atoms with E-state index in [1.807, 2.05) is 13.1 Å². The van der Waals surface area contributed by atoms with Gasteiger partial charge in [0.15, 0.2) is 0 Å². The molecule has 35 heavy (non-hydrogen) atoms. The number of nitrogens with zero attached hydrogens (tertiary/aromatic N) is 6. The van der Waals surface area contributed by atoms with Crippen molar-refractivity contribution in [3.05, 3.63) is 59.7 Å². The molecule has 2 aliphatic rings. The third kappa shape index (κ3) is 5.63. The second-order valence-corrected chi connectivity index (χ2v) is 9.56. The fourth-order valence-electron chi connectivity index (χ4n) is 4.65. The Morgan fingerprint density at radius 2 is 1.89 bits per heavy atom.